The van der Waals surface area contributed by atoms with E-state index in [-0.39, 0.29) is 5.91 Å². The third-order valence-electron chi connectivity index (χ3n) is 4.21. The second-order valence-electron chi connectivity index (χ2n) is 6.32. The van der Waals surface area contributed by atoms with E-state index in [9.17, 15) is 4.79 Å². The van der Waals surface area contributed by atoms with E-state index in [4.69, 9.17) is 20.8 Å². The van der Waals surface area contributed by atoms with E-state index in [0.717, 1.165) is 11.3 Å². The first-order valence-electron chi connectivity index (χ1n) is 9.15. The van der Waals surface area contributed by atoms with Gasteiger partial charge in [0.1, 0.15) is 5.75 Å². The molecule has 10 heteroatoms. The molecule has 0 saturated carbocycles. The van der Waals surface area contributed by atoms with Crippen LogP contribution in [-0.4, -0.2) is 28.2 Å². The molecule has 7 nitrogen and oxygen atoms in total. The van der Waals surface area contributed by atoms with Crippen molar-refractivity contribution in [3.8, 4) is 17.2 Å². The SMILES string of the molecule is COc1ccccc1N(C(C)=O)c1nc(CSc2nnc(-c3ccc(Cl)cc3)o2)cs1. The number of nitrogens with zero attached hydrogens (tertiary/aromatic N) is 4. The van der Waals surface area contributed by atoms with Crippen LogP contribution in [0.3, 0.4) is 0 Å². The molecule has 0 aliphatic rings. The number of methoxy groups -OCH3 is 1. The number of amides is 1. The van der Waals surface area contributed by atoms with E-state index in [1.165, 1.54) is 30.0 Å². The summed E-state index contributed by atoms with van der Waals surface area (Å²) in [6, 6.07) is 14.5. The summed E-state index contributed by atoms with van der Waals surface area (Å²) < 4.78 is 11.1. The molecular weight excluding hydrogens is 456 g/mol. The Labute approximate surface area is 192 Å². The molecule has 2 heterocycles. The maximum Gasteiger partial charge on any atom is 0.277 e. The number of aromatic nitrogens is 3. The lowest BCUT2D eigenvalue weighted by molar-refractivity contribution is -0.115. The van der Waals surface area contributed by atoms with Gasteiger partial charge in [-0.3, -0.25) is 9.69 Å². The summed E-state index contributed by atoms with van der Waals surface area (Å²) in [5, 5.41) is 11.7. The highest BCUT2D eigenvalue weighted by Crippen LogP contribution is 2.36. The molecule has 0 spiro atoms. The third kappa shape index (κ3) is 4.90. The molecule has 0 radical (unpaired) electrons. The van der Waals surface area contributed by atoms with Gasteiger partial charge in [-0.25, -0.2) is 4.98 Å². The molecule has 1 amide bonds. The highest BCUT2D eigenvalue weighted by atomic mass is 35.5. The van der Waals surface area contributed by atoms with Crippen molar-refractivity contribution >= 4 is 51.4 Å². The van der Waals surface area contributed by atoms with Gasteiger partial charge in [0.15, 0.2) is 5.13 Å². The Morgan fingerprint density at radius 1 is 1.19 bits per heavy atom. The normalized spacial score (nSPS) is 10.8. The van der Waals surface area contributed by atoms with Crippen LogP contribution in [0, 0.1) is 0 Å². The van der Waals surface area contributed by atoms with Crippen LogP contribution in [0.1, 0.15) is 12.6 Å². The number of hydrogen-bond acceptors (Lipinski definition) is 8. The van der Waals surface area contributed by atoms with Crippen molar-refractivity contribution in [2.75, 3.05) is 12.0 Å². The number of para-hydroxylation sites is 2. The van der Waals surface area contributed by atoms with Crippen LogP contribution >= 0.6 is 34.7 Å². The third-order valence-corrected chi connectivity index (χ3v) is 6.19. The van der Waals surface area contributed by atoms with E-state index in [1.54, 1.807) is 24.1 Å². The largest absolute Gasteiger partial charge is 0.495 e. The molecule has 4 rings (SSSR count). The first-order valence-corrected chi connectivity index (χ1v) is 11.4. The van der Waals surface area contributed by atoms with Gasteiger partial charge in [-0.15, -0.1) is 21.5 Å². The van der Waals surface area contributed by atoms with E-state index in [2.05, 4.69) is 15.2 Å². The van der Waals surface area contributed by atoms with Gasteiger partial charge in [0.25, 0.3) is 5.22 Å². The lowest BCUT2D eigenvalue weighted by Crippen LogP contribution is -2.23. The summed E-state index contributed by atoms with van der Waals surface area (Å²) in [6.45, 7) is 1.50. The average molecular weight is 473 g/mol. The average Bonchev–Trinajstić information content (AvgIpc) is 3.43. The zero-order valence-corrected chi connectivity index (χ0v) is 19.0. The molecule has 0 N–H and O–H groups in total. The van der Waals surface area contributed by atoms with Crippen LogP contribution < -0.4 is 9.64 Å². The van der Waals surface area contributed by atoms with Crippen molar-refractivity contribution < 1.29 is 13.9 Å². The van der Waals surface area contributed by atoms with E-state index in [0.29, 0.717) is 38.5 Å². The minimum Gasteiger partial charge on any atom is -0.495 e. The standard InChI is InChI=1S/C21H17ClN4O3S2/c1-13(27)26(17-5-3-4-6-18(17)28-2)20-23-16(11-30-20)12-31-21-25-24-19(29-21)14-7-9-15(22)10-8-14/h3-11H,12H2,1-2H3. The molecule has 0 saturated heterocycles. The minimum absolute atomic E-state index is 0.150. The Kier molecular flexibility index (Phi) is 6.55. The number of ether oxygens (including phenoxy) is 1. The highest BCUT2D eigenvalue weighted by Gasteiger charge is 2.21. The predicted octanol–water partition coefficient (Wildman–Crippen LogP) is 5.83. The van der Waals surface area contributed by atoms with Gasteiger partial charge in [-0.1, -0.05) is 35.5 Å². The molecule has 0 aliphatic heterocycles. The second kappa shape index (κ2) is 9.51. The zero-order valence-electron chi connectivity index (χ0n) is 16.6. The zero-order chi connectivity index (χ0) is 21.8. The number of carbonyl (C=O) groups excluding carboxylic acids is 1. The van der Waals surface area contributed by atoms with Crippen LogP contribution in [0.5, 0.6) is 5.75 Å². The number of halogens is 1. The Hall–Kier alpha value is -2.88. The van der Waals surface area contributed by atoms with E-state index < -0.39 is 0 Å². The molecule has 0 atom stereocenters. The lowest BCUT2D eigenvalue weighted by atomic mass is 10.2. The maximum atomic E-state index is 12.4. The molecule has 0 fully saturated rings. The smallest absolute Gasteiger partial charge is 0.277 e. The molecule has 31 heavy (non-hydrogen) atoms. The number of rotatable bonds is 7. The van der Waals surface area contributed by atoms with Gasteiger partial charge in [0, 0.05) is 28.6 Å². The van der Waals surface area contributed by atoms with Gasteiger partial charge in [-0.2, -0.15) is 0 Å². The van der Waals surface area contributed by atoms with Crippen LogP contribution in [0.15, 0.2) is 63.6 Å². The monoisotopic (exact) mass is 472 g/mol. The Morgan fingerprint density at radius 2 is 1.97 bits per heavy atom. The quantitative estimate of drug-likeness (QED) is 0.313. The summed E-state index contributed by atoms with van der Waals surface area (Å²) >= 11 is 8.68. The summed E-state index contributed by atoms with van der Waals surface area (Å²) in [7, 11) is 1.57. The van der Waals surface area contributed by atoms with Gasteiger partial charge < -0.3 is 9.15 Å². The lowest BCUT2D eigenvalue weighted by Gasteiger charge is -2.20. The Morgan fingerprint density at radius 3 is 2.71 bits per heavy atom. The highest BCUT2D eigenvalue weighted by molar-refractivity contribution is 7.98. The molecule has 2 aromatic carbocycles. The van der Waals surface area contributed by atoms with Gasteiger partial charge >= 0.3 is 0 Å². The van der Waals surface area contributed by atoms with Crippen molar-refractivity contribution in [3.05, 3.63) is 64.6 Å². The first kappa shape index (κ1) is 21.4. The van der Waals surface area contributed by atoms with E-state index in [1.807, 2.05) is 41.8 Å². The predicted molar refractivity (Wildman–Crippen MR) is 122 cm³/mol. The van der Waals surface area contributed by atoms with Gasteiger partial charge in [0.05, 0.1) is 18.5 Å². The van der Waals surface area contributed by atoms with Crippen molar-refractivity contribution in [1.82, 2.24) is 15.2 Å². The van der Waals surface area contributed by atoms with Gasteiger partial charge in [-0.05, 0) is 36.4 Å². The summed E-state index contributed by atoms with van der Waals surface area (Å²) in [4.78, 5) is 18.5. The molecule has 0 unspecified atom stereocenters. The fraction of sp³-hybridized carbons (Fsp3) is 0.143. The molecule has 158 valence electrons. The topological polar surface area (TPSA) is 81.4 Å². The second-order valence-corrected chi connectivity index (χ2v) is 8.52. The summed E-state index contributed by atoms with van der Waals surface area (Å²) in [6.07, 6.45) is 0. The first-order chi connectivity index (χ1) is 15.0. The summed E-state index contributed by atoms with van der Waals surface area (Å²) in [5.74, 6) is 1.40. The molecule has 4 aromatic rings. The van der Waals surface area contributed by atoms with Crippen molar-refractivity contribution in [1.29, 1.82) is 0 Å². The van der Waals surface area contributed by atoms with Crippen LogP contribution in [0.25, 0.3) is 11.5 Å². The molecular formula is C21H17ClN4O3S2. The number of anilines is 2. The van der Waals surface area contributed by atoms with Gasteiger partial charge in [0.2, 0.25) is 11.8 Å². The van der Waals surface area contributed by atoms with Crippen LogP contribution in [0.2, 0.25) is 5.02 Å². The summed E-state index contributed by atoms with van der Waals surface area (Å²) in [5.41, 5.74) is 2.25. The maximum absolute atomic E-state index is 12.4. The number of thioether (sulfide) groups is 1. The Bertz CT molecular complexity index is 1190. The number of thiazole rings is 1. The number of benzene rings is 2. The van der Waals surface area contributed by atoms with Crippen molar-refractivity contribution in [2.24, 2.45) is 0 Å². The van der Waals surface area contributed by atoms with Crippen LogP contribution in [-0.2, 0) is 10.5 Å². The Balaban J connectivity index is 1.47. The number of carbonyl (C=O) groups is 1. The fourth-order valence-corrected chi connectivity index (χ4v) is 4.57. The number of hydrogen-bond donors (Lipinski definition) is 0. The van der Waals surface area contributed by atoms with Crippen molar-refractivity contribution in [2.45, 2.75) is 17.9 Å². The van der Waals surface area contributed by atoms with Crippen molar-refractivity contribution in [3.63, 3.8) is 0 Å². The molecule has 0 bridgehead atoms. The molecule has 2 aromatic heterocycles. The fourth-order valence-electron chi connectivity index (χ4n) is 2.80. The molecule has 0 aliphatic carbocycles. The van der Waals surface area contributed by atoms with E-state index >= 15 is 0 Å². The van der Waals surface area contributed by atoms with Crippen LogP contribution in [0.4, 0.5) is 10.8 Å². The minimum atomic E-state index is -0.150.